The third-order valence-corrected chi connectivity index (χ3v) is 7.51. The highest BCUT2D eigenvalue weighted by Gasteiger charge is 2.37. The number of carbonyl (C=O) groups is 2. The van der Waals surface area contributed by atoms with Crippen molar-refractivity contribution in [2.45, 2.75) is 31.8 Å². The molecule has 1 aliphatic rings. The summed E-state index contributed by atoms with van der Waals surface area (Å²) in [4.78, 5) is 28.0. The molecule has 0 unspecified atom stereocenters. The van der Waals surface area contributed by atoms with Crippen LogP contribution < -0.4 is 10.6 Å². The first-order chi connectivity index (χ1) is 18.1. The third-order valence-electron chi connectivity index (χ3n) is 7.26. The first kappa shape index (κ1) is 27.8. The summed E-state index contributed by atoms with van der Waals surface area (Å²) in [5.74, 6) is 0.104. The number of halogens is 2. The molecule has 4 rings (SSSR count). The van der Waals surface area contributed by atoms with E-state index in [1.54, 1.807) is 48.5 Å². The molecule has 2 amide bonds. The Kier molecular flexibility index (Phi) is 8.82. The van der Waals surface area contributed by atoms with E-state index in [-0.39, 0.29) is 24.7 Å². The number of rotatable bonds is 9. The number of β-amino-alcohol motifs (C(OH)–C–C–N with tert-alkyl or cyclic N) is 1. The number of hydrogen-bond acceptors (Lipinski definition) is 4. The average molecular weight is 538 g/mol. The number of carbonyl (C=O) groups excluding carboxylic acids is 2. The number of nitrogens with two attached hydrogens (primary N) is 1. The molecule has 0 aromatic heterocycles. The fourth-order valence-electron chi connectivity index (χ4n) is 5.12. The predicted octanol–water partition coefficient (Wildman–Crippen LogP) is 5.41. The Bertz CT molecular complexity index is 1260. The number of anilines is 1. The monoisotopic (exact) mass is 537 g/mol. The van der Waals surface area contributed by atoms with E-state index in [1.165, 1.54) is 24.0 Å². The van der Waals surface area contributed by atoms with Gasteiger partial charge < -0.3 is 15.7 Å². The zero-order valence-electron chi connectivity index (χ0n) is 21.4. The lowest BCUT2D eigenvalue weighted by molar-refractivity contribution is -0.00267. The fourth-order valence-corrected chi connectivity index (χ4v) is 5.24. The number of amides is 2. The maximum absolute atomic E-state index is 13.3. The van der Waals surface area contributed by atoms with Gasteiger partial charge in [-0.25, -0.2) is 9.18 Å². The number of ketones is 1. The Morgan fingerprint density at radius 2 is 1.74 bits per heavy atom. The van der Waals surface area contributed by atoms with E-state index in [4.69, 9.17) is 17.3 Å². The number of aliphatic hydroxyl groups is 1. The largest absolute Gasteiger partial charge is 0.382 e. The number of benzene rings is 3. The average Bonchev–Trinajstić information content (AvgIpc) is 2.90. The van der Waals surface area contributed by atoms with E-state index in [2.05, 4.69) is 4.90 Å². The number of likely N-dealkylation sites (tertiary alicyclic amines) is 1. The van der Waals surface area contributed by atoms with E-state index < -0.39 is 11.6 Å². The van der Waals surface area contributed by atoms with Crippen LogP contribution in [0.1, 0.15) is 41.3 Å². The summed E-state index contributed by atoms with van der Waals surface area (Å²) < 4.78 is 13.3. The van der Waals surface area contributed by atoms with Crippen molar-refractivity contribution in [3.63, 3.8) is 0 Å². The van der Waals surface area contributed by atoms with Gasteiger partial charge in [-0.15, -0.1) is 0 Å². The molecule has 38 heavy (non-hydrogen) atoms. The second-order valence-corrected chi connectivity index (χ2v) is 10.6. The number of piperidine rings is 1. The Balaban J connectivity index is 1.53. The zero-order chi connectivity index (χ0) is 27.3. The molecular weight excluding hydrogens is 505 g/mol. The van der Waals surface area contributed by atoms with Crippen LogP contribution in [0.4, 0.5) is 14.9 Å². The summed E-state index contributed by atoms with van der Waals surface area (Å²) in [7, 11) is 0. The van der Waals surface area contributed by atoms with Crippen molar-refractivity contribution in [1.29, 1.82) is 0 Å². The van der Waals surface area contributed by atoms with Crippen LogP contribution in [0.15, 0.2) is 72.8 Å². The maximum atomic E-state index is 13.3. The molecule has 0 spiro atoms. The van der Waals surface area contributed by atoms with Gasteiger partial charge in [-0.2, -0.15) is 0 Å². The molecule has 3 aromatic rings. The minimum Gasteiger partial charge on any atom is -0.382 e. The summed E-state index contributed by atoms with van der Waals surface area (Å²) in [5, 5.41) is 12.6. The van der Waals surface area contributed by atoms with Crippen LogP contribution in [0.25, 0.3) is 0 Å². The molecule has 6 nitrogen and oxygen atoms in total. The molecule has 1 atom stereocenters. The molecule has 3 N–H and O–H groups in total. The maximum Gasteiger partial charge on any atom is 0.319 e. The van der Waals surface area contributed by atoms with Gasteiger partial charge in [0.1, 0.15) is 11.4 Å². The number of nitrogens with zero attached hydrogens (tertiary/aromatic N) is 2. The lowest BCUT2D eigenvalue weighted by Gasteiger charge is -2.40. The Hall–Kier alpha value is -3.26. The van der Waals surface area contributed by atoms with Crippen molar-refractivity contribution >= 4 is 29.1 Å². The van der Waals surface area contributed by atoms with Crippen LogP contribution in [0.3, 0.4) is 0 Å². The molecule has 1 fully saturated rings. The van der Waals surface area contributed by atoms with Gasteiger partial charge in [0.2, 0.25) is 0 Å². The fraction of sp³-hybridized carbons (Fsp3) is 0.333. The van der Waals surface area contributed by atoms with Crippen molar-refractivity contribution in [1.82, 2.24) is 4.90 Å². The topological polar surface area (TPSA) is 86.9 Å². The van der Waals surface area contributed by atoms with Crippen LogP contribution in [0, 0.1) is 11.7 Å². The second kappa shape index (κ2) is 12.1. The predicted molar refractivity (Wildman–Crippen MR) is 148 cm³/mol. The molecule has 1 aliphatic heterocycles. The van der Waals surface area contributed by atoms with Crippen LogP contribution in [-0.4, -0.2) is 48.0 Å². The van der Waals surface area contributed by atoms with Gasteiger partial charge in [-0.3, -0.25) is 9.69 Å². The number of Topliss-reactive ketones (excluding diaryl/α,β-unsaturated/α-hetero) is 1. The van der Waals surface area contributed by atoms with E-state index in [0.29, 0.717) is 27.8 Å². The van der Waals surface area contributed by atoms with Crippen molar-refractivity contribution < 1.29 is 19.1 Å². The quantitative estimate of drug-likeness (QED) is 0.357. The summed E-state index contributed by atoms with van der Waals surface area (Å²) in [6.07, 6.45) is 2.76. The highest BCUT2D eigenvalue weighted by atomic mass is 35.5. The van der Waals surface area contributed by atoms with Crippen molar-refractivity contribution in [2.24, 2.45) is 11.7 Å². The molecule has 0 saturated carbocycles. The second-order valence-electron chi connectivity index (χ2n) is 10.1. The number of hydrogen-bond donors (Lipinski definition) is 2. The van der Waals surface area contributed by atoms with Crippen LogP contribution >= 0.6 is 11.6 Å². The molecule has 3 aromatic carbocycles. The molecule has 1 heterocycles. The SMILES string of the molecule is CC(=O)c1cccc(N(C[C@@](O)(CN2CCC(Cc3ccc(F)cc3)CC2)c2ccc(Cl)cc2)C(N)=O)c1. The lowest BCUT2D eigenvalue weighted by atomic mass is 9.87. The minimum atomic E-state index is -1.45. The van der Waals surface area contributed by atoms with E-state index in [0.717, 1.165) is 37.9 Å². The van der Waals surface area contributed by atoms with Crippen LogP contribution in [0.2, 0.25) is 5.02 Å². The lowest BCUT2D eigenvalue weighted by Crippen LogP contribution is -2.53. The Morgan fingerprint density at radius 1 is 1.08 bits per heavy atom. The highest BCUT2D eigenvalue weighted by molar-refractivity contribution is 6.30. The van der Waals surface area contributed by atoms with E-state index in [9.17, 15) is 19.1 Å². The summed E-state index contributed by atoms with van der Waals surface area (Å²) >= 11 is 6.11. The van der Waals surface area contributed by atoms with Gasteiger partial charge in [0.25, 0.3) is 0 Å². The van der Waals surface area contributed by atoms with Gasteiger partial charge in [-0.05, 0) is 92.7 Å². The van der Waals surface area contributed by atoms with Crippen LogP contribution in [-0.2, 0) is 12.0 Å². The normalized spacial score (nSPS) is 16.1. The van der Waals surface area contributed by atoms with E-state index in [1.807, 2.05) is 12.1 Å². The molecule has 200 valence electrons. The Labute approximate surface area is 227 Å². The molecule has 8 heteroatoms. The summed E-state index contributed by atoms with van der Waals surface area (Å²) in [5.41, 5.74) is 6.95. The third kappa shape index (κ3) is 6.98. The van der Waals surface area contributed by atoms with Crippen molar-refractivity contribution in [2.75, 3.05) is 31.1 Å². The first-order valence-corrected chi connectivity index (χ1v) is 13.1. The smallest absolute Gasteiger partial charge is 0.319 e. The highest BCUT2D eigenvalue weighted by Crippen LogP contribution is 2.31. The molecule has 0 bridgehead atoms. The number of urea groups is 1. The summed E-state index contributed by atoms with van der Waals surface area (Å²) in [6, 6.07) is 19.5. The minimum absolute atomic E-state index is 0.0964. The molecular formula is C30H33ClFN3O3. The standard InChI is InChI=1S/C30H33ClFN3O3/c1-21(36)24-3-2-4-28(18-24)35(29(33)37)20-30(38,25-7-9-26(31)10-8-25)19-34-15-13-23(14-16-34)17-22-5-11-27(32)12-6-22/h2-12,18,23,38H,13-17,19-20H2,1H3,(H2,33,37)/t30-/m0/s1. The Morgan fingerprint density at radius 3 is 2.34 bits per heavy atom. The van der Waals surface area contributed by atoms with Gasteiger partial charge in [-0.1, -0.05) is 48.0 Å². The van der Waals surface area contributed by atoms with Gasteiger partial charge in [0.05, 0.1) is 6.54 Å². The van der Waals surface area contributed by atoms with E-state index >= 15 is 0 Å². The zero-order valence-corrected chi connectivity index (χ0v) is 22.2. The molecule has 1 saturated heterocycles. The summed E-state index contributed by atoms with van der Waals surface area (Å²) in [6.45, 7) is 3.20. The van der Waals surface area contributed by atoms with Gasteiger partial charge in [0.15, 0.2) is 5.78 Å². The van der Waals surface area contributed by atoms with Gasteiger partial charge >= 0.3 is 6.03 Å². The van der Waals surface area contributed by atoms with Crippen molar-refractivity contribution in [3.8, 4) is 0 Å². The number of primary amides is 1. The first-order valence-electron chi connectivity index (χ1n) is 12.8. The van der Waals surface area contributed by atoms with Gasteiger partial charge in [0, 0.05) is 22.8 Å². The molecule has 0 radical (unpaired) electrons. The van der Waals surface area contributed by atoms with Crippen molar-refractivity contribution in [3.05, 3.63) is 100 Å². The van der Waals surface area contributed by atoms with Crippen LogP contribution in [0.5, 0.6) is 0 Å². The molecule has 0 aliphatic carbocycles.